The maximum absolute atomic E-state index is 12.8. The van der Waals surface area contributed by atoms with Crippen molar-refractivity contribution in [2.45, 2.75) is 13.5 Å². The van der Waals surface area contributed by atoms with Crippen molar-refractivity contribution in [1.29, 1.82) is 0 Å². The van der Waals surface area contributed by atoms with Gasteiger partial charge in [0.15, 0.2) is 5.11 Å². The number of aromatic carboxylic acids is 1. The first-order valence-electron chi connectivity index (χ1n) is 6.60. The zero-order chi connectivity index (χ0) is 16.8. The average Bonchev–Trinajstić information content (AvgIpc) is 3.02. The van der Waals surface area contributed by atoms with Gasteiger partial charge in [-0.3, -0.25) is 5.43 Å². The van der Waals surface area contributed by atoms with Gasteiger partial charge in [-0.15, -0.1) is 11.3 Å². The number of benzene rings is 1. The summed E-state index contributed by atoms with van der Waals surface area (Å²) in [7, 11) is 0. The molecule has 0 spiro atoms. The Bertz CT molecular complexity index is 741. The summed E-state index contributed by atoms with van der Waals surface area (Å²) in [5.41, 5.74) is 4.17. The number of carboxylic acid groups (broad SMARTS) is 1. The molecule has 0 amide bonds. The van der Waals surface area contributed by atoms with Crippen LogP contribution in [-0.2, 0) is 6.54 Å². The van der Waals surface area contributed by atoms with Crippen molar-refractivity contribution >= 4 is 40.3 Å². The standard InChI is InChI=1S/C15H14FN3O2S2/c1-9(12-6-7-13(23-12)14(20)21)18-19-15(22)17-8-10-2-4-11(16)5-3-10/h2-7H,8H2,1H3,(H,20,21)(H2,17,19,22)/p-1/b18-9-. The lowest BCUT2D eigenvalue weighted by molar-refractivity contribution is -0.254. The maximum atomic E-state index is 12.8. The van der Waals surface area contributed by atoms with Crippen molar-refractivity contribution in [3.8, 4) is 0 Å². The second kappa shape index (κ2) is 7.80. The predicted molar refractivity (Wildman–Crippen MR) is 89.8 cm³/mol. The fraction of sp³-hybridized carbons (Fsp3) is 0.133. The number of carbonyl (C=O) groups is 1. The van der Waals surface area contributed by atoms with Crippen LogP contribution in [0.5, 0.6) is 0 Å². The molecule has 0 saturated carbocycles. The highest BCUT2D eigenvalue weighted by Gasteiger charge is 2.04. The van der Waals surface area contributed by atoms with Gasteiger partial charge in [0.2, 0.25) is 0 Å². The number of carbonyl (C=O) groups excluding carboxylic acids is 1. The first-order valence-corrected chi connectivity index (χ1v) is 7.82. The molecule has 1 aromatic carbocycles. The van der Waals surface area contributed by atoms with E-state index in [9.17, 15) is 14.3 Å². The number of thiophene rings is 1. The maximum Gasteiger partial charge on any atom is 0.187 e. The fourth-order valence-corrected chi connectivity index (χ4v) is 2.56. The molecule has 0 bridgehead atoms. The molecular formula is C15H13FN3O2S2-. The van der Waals surface area contributed by atoms with Crippen LogP contribution in [0.4, 0.5) is 4.39 Å². The Labute approximate surface area is 141 Å². The first kappa shape index (κ1) is 17.0. The number of hydrogen-bond donors (Lipinski definition) is 2. The van der Waals surface area contributed by atoms with Gasteiger partial charge < -0.3 is 15.2 Å². The van der Waals surface area contributed by atoms with E-state index >= 15 is 0 Å². The van der Waals surface area contributed by atoms with Crippen LogP contribution in [0, 0.1) is 5.82 Å². The molecular weight excluding hydrogens is 337 g/mol. The second-order valence-corrected chi connectivity index (χ2v) is 6.06. The Morgan fingerprint density at radius 1 is 1.26 bits per heavy atom. The third-order valence-corrected chi connectivity index (χ3v) is 4.26. The lowest BCUT2D eigenvalue weighted by Crippen LogP contribution is -2.32. The van der Waals surface area contributed by atoms with E-state index in [1.54, 1.807) is 25.1 Å². The van der Waals surface area contributed by atoms with Crippen molar-refractivity contribution in [3.63, 3.8) is 0 Å². The minimum absolute atomic E-state index is 0.145. The van der Waals surface area contributed by atoms with Crippen LogP contribution >= 0.6 is 23.6 Å². The van der Waals surface area contributed by atoms with Gasteiger partial charge in [-0.25, -0.2) is 4.39 Å². The molecule has 120 valence electrons. The minimum atomic E-state index is -1.21. The highest BCUT2D eigenvalue weighted by molar-refractivity contribution is 7.80. The van der Waals surface area contributed by atoms with E-state index in [0.717, 1.165) is 16.9 Å². The molecule has 23 heavy (non-hydrogen) atoms. The molecule has 5 nitrogen and oxygen atoms in total. The van der Waals surface area contributed by atoms with Gasteiger partial charge in [0, 0.05) is 6.54 Å². The lowest BCUT2D eigenvalue weighted by atomic mass is 10.2. The summed E-state index contributed by atoms with van der Waals surface area (Å²) >= 11 is 6.17. The van der Waals surface area contributed by atoms with Crippen molar-refractivity contribution in [1.82, 2.24) is 10.7 Å². The van der Waals surface area contributed by atoms with Gasteiger partial charge in [0.1, 0.15) is 5.82 Å². The van der Waals surface area contributed by atoms with E-state index in [2.05, 4.69) is 15.8 Å². The summed E-state index contributed by atoms with van der Waals surface area (Å²) in [6, 6.07) is 9.20. The van der Waals surface area contributed by atoms with E-state index in [1.807, 2.05) is 0 Å². The quantitative estimate of drug-likeness (QED) is 0.487. The van der Waals surface area contributed by atoms with Crippen molar-refractivity contribution < 1.29 is 14.3 Å². The molecule has 2 rings (SSSR count). The molecule has 8 heteroatoms. The minimum Gasteiger partial charge on any atom is -0.544 e. The number of thiocarbonyl (C=S) groups is 1. The number of rotatable bonds is 5. The second-order valence-electron chi connectivity index (χ2n) is 4.57. The summed E-state index contributed by atoms with van der Waals surface area (Å²) < 4.78 is 12.8. The van der Waals surface area contributed by atoms with Crippen molar-refractivity contribution in [2.75, 3.05) is 0 Å². The highest BCUT2D eigenvalue weighted by Crippen LogP contribution is 2.16. The van der Waals surface area contributed by atoms with E-state index in [4.69, 9.17) is 12.2 Å². The topological polar surface area (TPSA) is 76.5 Å². The molecule has 2 N–H and O–H groups in total. The molecule has 2 aromatic rings. The summed E-state index contributed by atoms with van der Waals surface area (Å²) in [6.07, 6.45) is 0. The number of nitrogens with one attached hydrogen (secondary N) is 2. The summed E-state index contributed by atoms with van der Waals surface area (Å²) in [6.45, 7) is 2.18. The Morgan fingerprint density at radius 3 is 2.52 bits per heavy atom. The van der Waals surface area contributed by atoms with Gasteiger partial charge in [-0.1, -0.05) is 12.1 Å². The van der Waals surface area contributed by atoms with E-state index in [1.165, 1.54) is 18.2 Å². The van der Waals surface area contributed by atoms with Crippen LogP contribution in [0.2, 0.25) is 0 Å². The van der Waals surface area contributed by atoms with Crippen LogP contribution < -0.4 is 15.8 Å². The average molecular weight is 350 g/mol. The van der Waals surface area contributed by atoms with Crippen LogP contribution in [-0.4, -0.2) is 16.8 Å². The molecule has 0 saturated heterocycles. The van der Waals surface area contributed by atoms with Gasteiger partial charge in [-0.05, 0) is 49.0 Å². The van der Waals surface area contributed by atoms with Crippen molar-refractivity contribution in [2.24, 2.45) is 5.10 Å². The molecule has 0 aliphatic heterocycles. The molecule has 0 atom stereocenters. The summed E-state index contributed by atoms with van der Waals surface area (Å²) in [5, 5.41) is 18.1. The Hall–Kier alpha value is -2.32. The number of halogens is 1. The lowest BCUT2D eigenvalue weighted by Gasteiger charge is -2.07. The van der Waals surface area contributed by atoms with Gasteiger partial charge >= 0.3 is 0 Å². The normalized spacial score (nSPS) is 11.1. The van der Waals surface area contributed by atoms with E-state index < -0.39 is 5.97 Å². The summed E-state index contributed by atoms with van der Waals surface area (Å²) in [4.78, 5) is 11.6. The van der Waals surface area contributed by atoms with E-state index in [-0.39, 0.29) is 10.7 Å². The van der Waals surface area contributed by atoms with Crippen LogP contribution in [0.1, 0.15) is 27.0 Å². The first-order chi connectivity index (χ1) is 11.0. The van der Waals surface area contributed by atoms with E-state index in [0.29, 0.717) is 22.2 Å². The summed E-state index contributed by atoms with van der Waals surface area (Å²) in [5.74, 6) is -1.50. The van der Waals surface area contributed by atoms with Gasteiger partial charge in [0.05, 0.1) is 21.4 Å². The van der Waals surface area contributed by atoms with Gasteiger partial charge in [-0.2, -0.15) is 5.10 Å². The predicted octanol–water partition coefficient (Wildman–Crippen LogP) is 1.64. The SMILES string of the molecule is C/C(=N/NC(=S)NCc1ccc(F)cc1)c1ccc(C(=O)[O-])s1. The zero-order valence-electron chi connectivity index (χ0n) is 12.1. The monoisotopic (exact) mass is 350 g/mol. The number of hydrazone groups is 1. The Morgan fingerprint density at radius 2 is 1.91 bits per heavy atom. The molecule has 1 aromatic heterocycles. The third kappa shape index (κ3) is 5.11. The molecule has 0 aliphatic carbocycles. The number of carboxylic acids is 1. The zero-order valence-corrected chi connectivity index (χ0v) is 13.8. The molecule has 0 fully saturated rings. The molecule has 0 radical (unpaired) electrons. The van der Waals surface area contributed by atoms with Crippen LogP contribution in [0.3, 0.4) is 0 Å². The molecule has 0 unspecified atom stereocenters. The van der Waals surface area contributed by atoms with Gasteiger partial charge in [0.25, 0.3) is 0 Å². The number of hydrogen-bond acceptors (Lipinski definition) is 5. The van der Waals surface area contributed by atoms with Crippen LogP contribution in [0.25, 0.3) is 0 Å². The van der Waals surface area contributed by atoms with Crippen molar-refractivity contribution in [3.05, 3.63) is 57.5 Å². The fourth-order valence-electron chi connectivity index (χ4n) is 1.66. The van der Waals surface area contributed by atoms with Crippen LogP contribution in [0.15, 0.2) is 41.5 Å². The number of nitrogens with zero attached hydrogens (tertiary/aromatic N) is 1. The molecule has 0 aliphatic rings. The largest absolute Gasteiger partial charge is 0.544 e. The Balaban J connectivity index is 1.86. The third-order valence-electron chi connectivity index (χ3n) is 2.86. The molecule has 1 heterocycles. The Kier molecular flexibility index (Phi) is 5.78. The highest BCUT2D eigenvalue weighted by atomic mass is 32.1. The smallest absolute Gasteiger partial charge is 0.187 e.